The fourth-order valence-electron chi connectivity index (χ4n) is 2.22. The van der Waals surface area contributed by atoms with Crippen molar-refractivity contribution >= 4 is 0 Å². The maximum absolute atomic E-state index is 5.68. The predicted molar refractivity (Wildman–Crippen MR) is 70.9 cm³/mol. The third-order valence-corrected chi connectivity index (χ3v) is 3.04. The zero-order valence-electron chi connectivity index (χ0n) is 10.6. The van der Waals surface area contributed by atoms with Gasteiger partial charge in [0.1, 0.15) is 5.75 Å². The van der Waals surface area contributed by atoms with Gasteiger partial charge in [0.2, 0.25) is 6.61 Å². The maximum Gasteiger partial charge on any atom is 0.200 e. The lowest BCUT2D eigenvalue weighted by Crippen LogP contribution is -2.15. The van der Waals surface area contributed by atoms with E-state index in [4.69, 9.17) is 14.5 Å². The molecule has 0 aromatic heterocycles. The van der Waals surface area contributed by atoms with Gasteiger partial charge in [-0.25, -0.2) is 0 Å². The van der Waals surface area contributed by atoms with Crippen molar-refractivity contribution in [2.24, 2.45) is 0 Å². The molecule has 0 saturated carbocycles. The predicted octanol–water partition coefficient (Wildman–Crippen LogP) is 3.58. The summed E-state index contributed by atoms with van der Waals surface area (Å²) < 4.78 is 5.68. The Hall–Kier alpha value is -2.00. The average molecular weight is 254 g/mol. The summed E-state index contributed by atoms with van der Waals surface area (Å²) in [5, 5.41) is 0. The van der Waals surface area contributed by atoms with Crippen LogP contribution in [0, 0.1) is 6.61 Å². The molecule has 0 amide bonds. The fourth-order valence-corrected chi connectivity index (χ4v) is 2.22. The van der Waals surface area contributed by atoms with Crippen LogP contribution in [0.15, 0.2) is 48.5 Å². The Bertz CT molecular complexity index is 551. The van der Waals surface area contributed by atoms with Gasteiger partial charge in [-0.1, -0.05) is 36.4 Å². The highest BCUT2D eigenvalue weighted by Gasteiger charge is 2.29. The quantitative estimate of drug-likeness (QED) is 0.783. The summed E-state index contributed by atoms with van der Waals surface area (Å²) in [6.45, 7) is 5.46. The van der Waals surface area contributed by atoms with E-state index in [9.17, 15) is 0 Å². The highest BCUT2D eigenvalue weighted by molar-refractivity contribution is 5.52. The van der Waals surface area contributed by atoms with Crippen molar-refractivity contribution in [2.75, 3.05) is 6.61 Å². The van der Waals surface area contributed by atoms with Crippen molar-refractivity contribution in [3.8, 4) is 11.5 Å². The van der Waals surface area contributed by atoms with Crippen molar-refractivity contribution in [2.45, 2.75) is 12.8 Å². The van der Waals surface area contributed by atoms with Crippen LogP contribution in [0.4, 0.5) is 0 Å². The Balaban J connectivity index is 2.08. The van der Waals surface area contributed by atoms with Crippen LogP contribution in [0.1, 0.15) is 24.0 Å². The van der Waals surface area contributed by atoms with E-state index in [1.54, 1.807) is 0 Å². The van der Waals surface area contributed by atoms with Gasteiger partial charge in [0, 0.05) is 0 Å². The molecule has 2 aromatic rings. The van der Waals surface area contributed by atoms with E-state index in [0.29, 0.717) is 12.4 Å². The van der Waals surface area contributed by atoms with Crippen molar-refractivity contribution in [3.63, 3.8) is 0 Å². The molecule has 0 fully saturated rings. The van der Waals surface area contributed by atoms with Crippen LogP contribution in [-0.4, -0.2) is 6.61 Å². The highest BCUT2D eigenvalue weighted by Crippen LogP contribution is 2.43. The van der Waals surface area contributed by atoms with Gasteiger partial charge in [-0.15, -0.1) is 0 Å². The Morgan fingerprint density at radius 2 is 1.95 bits per heavy atom. The number of fused-ring (bicyclic) bond motifs is 1. The number of hydrogen-bond donors (Lipinski definition) is 0. The molecule has 1 heterocycles. The Morgan fingerprint density at radius 3 is 2.74 bits per heavy atom. The van der Waals surface area contributed by atoms with Gasteiger partial charge in [0.15, 0.2) is 5.75 Å². The fraction of sp³-hybridized carbons (Fsp3) is 0.188. The van der Waals surface area contributed by atoms with E-state index in [2.05, 4.69) is 6.61 Å². The van der Waals surface area contributed by atoms with Gasteiger partial charge < -0.3 is 9.62 Å². The molecule has 1 aliphatic rings. The SMILES string of the molecule is CCOc1cccc2c1C(c1ccccc1)[C]OO2. The average Bonchev–Trinajstić information content (AvgIpc) is 2.48. The minimum absolute atomic E-state index is 0.104. The van der Waals surface area contributed by atoms with Crippen LogP contribution >= 0.6 is 0 Å². The van der Waals surface area contributed by atoms with Crippen molar-refractivity contribution < 1.29 is 14.5 Å². The molecular weight excluding hydrogens is 240 g/mol. The zero-order chi connectivity index (χ0) is 13.1. The first-order valence-corrected chi connectivity index (χ1v) is 6.30. The molecule has 3 heteroatoms. The van der Waals surface area contributed by atoms with Crippen LogP contribution in [0.3, 0.4) is 0 Å². The van der Waals surface area contributed by atoms with E-state index in [1.807, 2.05) is 55.5 Å². The van der Waals surface area contributed by atoms with Crippen LogP contribution < -0.4 is 9.62 Å². The lowest BCUT2D eigenvalue weighted by atomic mass is 9.90. The topological polar surface area (TPSA) is 27.7 Å². The summed E-state index contributed by atoms with van der Waals surface area (Å²) in [5.41, 5.74) is 2.06. The number of benzene rings is 2. The number of ether oxygens (including phenoxy) is 1. The van der Waals surface area contributed by atoms with Crippen molar-refractivity contribution in [3.05, 3.63) is 66.3 Å². The molecule has 0 saturated heterocycles. The molecule has 0 bridgehead atoms. The summed E-state index contributed by atoms with van der Waals surface area (Å²) >= 11 is 0. The van der Waals surface area contributed by atoms with Crippen LogP contribution in [0.2, 0.25) is 0 Å². The largest absolute Gasteiger partial charge is 0.493 e. The molecule has 1 unspecified atom stereocenters. The Morgan fingerprint density at radius 1 is 1.11 bits per heavy atom. The van der Waals surface area contributed by atoms with Crippen molar-refractivity contribution in [1.29, 1.82) is 0 Å². The smallest absolute Gasteiger partial charge is 0.200 e. The van der Waals surface area contributed by atoms with Gasteiger partial charge >= 0.3 is 0 Å². The summed E-state index contributed by atoms with van der Waals surface area (Å²) in [4.78, 5) is 10.2. The third-order valence-electron chi connectivity index (χ3n) is 3.04. The number of hydrogen-bond acceptors (Lipinski definition) is 3. The molecule has 0 spiro atoms. The first kappa shape index (κ1) is 12.1. The summed E-state index contributed by atoms with van der Waals surface area (Å²) in [6, 6.07) is 15.8. The standard InChI is InChI=1S/C16H14O3/c1-2-17-14-9-6-10-15-16(14)13(11-18-19-15)12-7-4-3-5-8-12/h3-10,13H,2H2,1H3. The van der Waals surface area contributed by atoms with Gasteiger partial charge in [0.05, 0.1) is 18.1 Å². The second-order valence-electron chi connectivity index (χ2n) is 4.23. The molecular formula is C16H14O3. The van der Waals surface area contributed by atoms with Crippen molar-refractivity contribution in [1.82, 2.24) is 0 Å². The monoisotopic (exact) mass is 254 g/mol. The summed E-state index contributed by atoms with van der Waals surface area (Å²) in [5.74, 6) is 1.39. The lowest BCUT2D eigenvalue weighted by Gasteiger charge is -2.25. The highest BCUT2D eigenvalue weighted by atomic mass is 17.2. The van der Waals surface area contributed by atoms with Crippen LogP contribution in [-0.2, 0) is 4.89 Å². The Kier molecular flexibility index (Phi) is 3.38. The van der Waals surface area contributed by atoms with E-state index < -0.39 is 0 Å². The maximum atomic E-state index is 5.68. The van der Waals surface area contributed by atoms with E-state index in [0.717, 1.165) is 16.9 Å². The molecule has 0 N–H and O–H groups in total. The Labute approximate surface area is 112 Å². The van der Waals surface area contributed by atoms with E-state index >= 15 is 0 Å². The van der Waals surface area contributed by atoms with Crippen LogP contribution in [0.25, 0.3) is 0 Å². The molecule has 1 aliphatic heterocycles. The first-order valence-electron chi connectivity index (χ1n) is 6.30. The summed E-state index contributed by atoms with van der Waals surface area (Å²) in [7, 11) is 0. The van der Waals surface area contributed by atoms with Gasteiger partial charge in [-0.05, 0) is 24.6 Å². The molecule has 96 valence electrons. The molecule has 19 heavy (non-hydrogen) atoms. The lowest BCUT2D eigenvalue weighted by molar-refractivity contribution is -0.186. The minimum Gasteiger partial charge on any atom is -0.493 e. The minimum atomic E-state index is -0.104. The van der Waals surface area contributed by atoms with Gasteiger partial charge in [-0.3, -0.25) is 0 Å². The molecule has 2 aromatic carbocycles. The third kappa shape index (κ3) is 2.29. The van der Waals surface area contributed by atoms with E-state index in [1.165, 1.54) is 0 Å². The number of rotatable bonds is 3. The molecule has 1 atom stereocenters. The van der Waals surface area contributed by atoms with E-state index in [-0.39, 0.29) is 5.92 Å². The second kappa shape index (κ2) is 5.33. The molecule has 3 rings (SSSR count). The van der Waals surface area contributed by atoms with Gasteiger partial charge in [-0.2, -0.15) is 4.89 Å². The normalized spacial score (nSPS) is 17.4. The molecule has 2 radical (unpaired) electrons. The summed E-state index contributed by atoms with van der Waals surface area (Å²) in [6.07, 6.45) is 0. The second-order valence-corrected chi connectivity index (χ2v) is 4.23. The molecule has 3 nitrogen and oxygen atoms in total. The molecule has 0 aliphatic carbocycles. The zero-order valence-corrected chi connectivity index (χ0v) is 10.6. The van der Waals surface area contributed by atoms with Gasteiger partial charge in [0.25, 0.3) is 0 Å². The van der Waals surface area contributed by atoms with Crippen LogP contribution in [0.5, 0.6) is 11.5 Å². The first-order chi connectivity index (χ1) is 9.40.